The maximum Gasteiger partial charge on any atom is 0.299 e. The number of benzene rings is 1. The summed E-state index contributed by atoms with van der Waals surface area (Å²) < 4.78 is 4.98. The molecule has 1 aromatic carbocycles. The Morgan fingerprint density at radius 3 is 2.64 bits per heavy atom. The minimum Gasteiger partial charge on any atom is -0.497 e. The molecule has 0 atom stereocenters. The number of ether oxygens (including phenoxy) is 1. The Balaban J connectivity index is 2.59. The molecular weight excluding hydrogens is 182 g/mol. The molecule has 1 aliphatic heterocycles. The van der Waals surface area contributed by atoms with E-state index in [9.17, 15) is 9.59 Å². The van der Waals surface area contributed by atoms with E-state index in [0.717, 1.165) is 0 Å². The fourth-order valence-electron chi connectivity index (χ4n) is 1.49. The number of rotatable bonds is 1. The van der Waals surface area contributed by atoms with Crippen molar-refractivity contribution in [3.63, 3.8) is 0 Å². The van der Waals surface area contributed by atoms with Gasteiger partial charge in [-0.25, -0.2) is 0 Å². The van der Waals surface area contributed by atoms with E-state index in [2.05, 4.69) is 0 Å². The van der Waals surface area contributed by atoms with E-state index in [1.165, 1.54) is 12.0 Å². The van der Waals surface area contributed by atoms with Crippen molar-refractivity contribution in [2.24, 2.45) is 0 Å². The average molecular weight is 191 g/mol. The molecule has 0 N–H and O–H groups in total. The average Bonchev–Trinajstić information content (AvgIpc) is 2.44. The zero-order chi connectivity index (χ0) is 10.3. The largest absolute Gasteiger partial charge is 0.497 e. The second-order valence-electron chi connectivity index (χ2n) is 3.08. The molecule has 0 spiro atoms. The standard InChI is InChI=1S/C10H9NO3/c1-11-8-4-3-6(14-2)5-7(8)9(12)10(11)13/h3-5H,1-2H3. The van der Waals surface area contributed by atoms with Gasteiger partial charge in [-0.3, -0.25) is 9.59 Å². The van der Waals surface area contributed by atoms with Crippen molar-refractivity contribution in [1.29, 1.82) is 0 Å². The summed E-state index contributed by atoms with van der Waals surface area (Å²) in [6.45, 7) is 0. The summed E-state index contributed by atoms with van der Waals surface area (Å²) in [6.07, 6.45) is 0. The fraction of sp³-hybridized carbons (Fsp3) is 0.200. The van der Waals surface area contributed by atoms with Gasteiger partial charge in [0.15, 0.2) is 0 Å². The second-order valence-corrected chi connectivity index (χ2v) is 3.08. The molecule has 1 aromatic rings. The van der Waals surface area contributed by atoms with Crippen molar-refractivity contribution in [3.8, 4) is 5.75 Å². The van der Waals surface area contributed by atoms with E-state index in [-0.39, 0.29) is 0 Å². The van der Waals surface area contributed by atoms with Gasteiger partial charge in [0.25, 0.3) is 11.7 Å². The molecule has 1 amide bonds. The van der Waals surface area contributed by atoms with Gasteiger partial charge in [0.1, 0.15) is 5.75 Å². The predicted octanol–water partition coefficient (Wildman–Crippen LogP) is 0.854. The molecule has 0 unspecified atom stereocenters. The number of hydrogen-bond donors (Lipinski definition) is 0. The smallest absolute Gasteiger partial charge is 0.299 e. The summed E-state index contributed by atoms with van der Waals surface area (Å²) in [5.41, 5.74) is 1.05. The Morgan fingerprint density at radius 1 is 1.29 bits per heavy atom. The highest BCUT2D eigenvalue weighted by Crippen LogP contribution is 2.30. The van der Waals surface area contributed by atoms with Crippen LogP contribution in [0.5, 0.6) is 5.75 Å². The van der Waals surface area contributed by atoms with Crippen LogP contribution in [0.4, 0.5) is 5.69 Å². The lowest BCUT2D eigenvalue weighted by Crippen LogP contribution is -2.24. The molecule has 0 bridgehead atoms. The van der Waals surface area contributed by atoms with E-state index in [1.807, 2.05) is 0 Å². The number of amides is 1. The van der Waals surface area contributed by atoms with E-state index in [4.69, 9.17) is 4.74 Å². The molecule has 4 heteroatoms. The summed E-state index contributed by atoms with van der Waals surface area (Å²) >= 11 is 0. The number of hydrogen-bond acceptors (Lipinski definition) is 3. The van der Waals surface area contributed by atoms with Crippen molar-refractivity contribution in [2.45, 2.75) is 0 Å². The number of ketones is 1. The molecule has 0 saturated heterocycles. The number of likely N-dealkylation sites (N-methyl/N-ethyl adjacent to an activating group) is 1. The Kier molecular flexibility index (Phi) is 1.77. The van der Waals surface area contributed by atoms with Gasteiger partial charge in [-0.1, -0.05) is 0 Å². The summed E-state index contributed by atoms with van der Waals surface area (Å²) in [4.78, 5) is 24.1. The van der Waals surface area contributed by atoms with Crippen LogP contribution in [-0.4, -0.2) is 25.8 Å². The highest BCUT2D eigenvalue weighted by atomic mass is 16.5. The molecule has 0 saturated carbocycles. The van der Waals surface area contributed by atoms with Crippen LogP contribution in [-0.2, 0) is 4.79 Å². The molecule has 0 fully saturated rings. The Hall–Kier alpha value is -1.84. The summed E-state index contributed by atoms with van der Waals surface area (Å²) in [5, 5.41) is 0. The van der Waals surface area contributed by atoms with Gasteiger partial charge >= 0.3 is 0 Å². The van der Waals surface area contributed by atoms with E-state index < -0.39 is 11.7 Å². The summed E-state index contributed by atoms with van der Waals surface area (Å²) in [6, 6.07) is 5.01. The first-order valence-electron chi connectivity index (χ1n) is 4.15. The molecule has 0 radical (unpaired) electrons. The van der Waals surface area contributed by atoms with Gasteiger partial charge in [0.2, 0.25) is 0 Å². The van der Waals surface area contributed by atoms with Crippen molar-refractivity contribution < 1.29 is 14.3 Å². The SMILES string of the molecule is COc1ccc2c(c1)C(=O)C(=O)N2C. The molecule has 14 heavy (non-hydrogen) atoms. The summed E-state index contributed by atoms with van der Waals surface area (Å²) in [7, 11) is 3.10. The third-order valence-corrected chi connectivity index (χ3v) is 2.31. The normalized spacial score (nSPS) is 14.6. The van der Waals surface area contributed by atoms with Crippen molar-refractivity contribution in [1.82, 2.24) is 0 Å². The molecule has 0 aliphatic carbocycles. The maximum absolute atomic E-state index is 11.4. The van der Waals surface area contributed by atoms with Gasteiger partial charge in [0.05, 0.1) is 18.4 Å². The van der Waals surface area contributed by atoms with Gasteiger partial charge in [-0.2, -0.15) is 0 Å². The molecule has 1 heterocycles. The van der Waals surface area contributed by atoms with Crippen LogP contribution in [0.25, 0.3) is 0 Å². The van der Waals surface area contributed by atoms with Gasteiger partial charge in [0, 0.05) is 7.05 Å². The lowest BCUT2D eigenvalue weighted by Gasteiger charge is -2.08. The van der Waals surface area contributed by atoms with Gasteiger partial charge < -0.3 is 9.64 Å². The second kappa shape index (κ2) is 2.83. The zero-order valence-corrected chi connectivity index (χ0v) is 7.90. The van der Waals surface area contributed by atoms with Crippen LogP contribution in [0.2, 0.25) is 0 Å². The fourth-order valence-corrected chi connectivity index (χ4v) is 1.49. The van der Waals surface area contributed by atoms with Crippen LogP contribution < -0.4 is 9.64 Å². The minimum atomic E-state index is -0.492. The minimum absolute atomic E-state index is 0.414. The Labute approximate surface area is 81.1 Å². The molecule has 72 valence electrons. The summed E-state index contributed by atoms with van der Waals surface area (Å²) in [5.74, 6) is -0.380. The molecule has 0 aromatic heterocycles. The van der Waals surface area contributed by atoms with E-state index in [1.54, 1.807) is 25.2 Å². The van der Waals surface area contributed by atoms with E-state index >= 15 is 0 Å². The first-order valence-corrected chi connectivity index (χ1v) is 4.15. The number of carbonyl (C=O) groups excluding carboxylic acids is 2. The number of carbonyl (C=O) groups is 2. The maximum atomic E-state index is 11.4. The van der Waals surface area contributed by atoms with Gasteiger partial charge in [-0.05, 0) is 18.2 Å². The predicted molar refractivity (Wildman–Crippen MR) is 50.7 cm³/mol. The highest BCUT2D eigenvalue weighted by Gasteiger charge is 2.33. The number of anilines is 1. The van der Waals surface area contributed by atoms with Gasteiger partial charge in [-0.15, -0.1) is 0 Å². The quantitative estimate of drug-likeness (QED) is 0.618. The molecule has 1 aliphatic rings. The molecule has 2 rings (SSSR count). The topological polar surface area (TPSA) is 46.6 Å². The van der Waals surface area contributed by atoms with Crippen LogP contribution >= 0.6 is 0 Å². The van der Waals surface area contributed by atoms with E-state index in [0.29, 0.717) is 17.0 Å². The van der Waals surface area contributed by atoms with Crippen LogP contribution in [0.15, 0.2) is 18.2 Å². The third kappa shape index (κ3) is 1.00. The van der Waals surface area contributed by atoms with Crippen molar-refractivity contribution in [3.05, 3.63) is 23.8 Å². The zero-order valence-electron chi connectivity index (χ0n) is 7.90. The molecule has 4 nitrogen and oxygen atoms in total. The monoisotopic (exact) mass is 191 g/mol. The van der Waals surface area contributed by atoms with Crippen LogP contribution in [0.3, 0.4) is 0 Å². The third-order valence-electron chi connectivity index (χ3n) is 2.31. The Bertz CT molecular complexity index is 425. The first-order chi connectivity index (χ1) is 6.65. The lowest BCUT2D eigenvalue weighted by molar-refractivity contribution is -0.114. The Morgan fingerprint density at radius 2 is 2.00 bits per heavy atom. The van der Waals surface area contributed by atoms with Crippen molar-refractivity contribution in [2.75, 3.05) is 19.1 Å². The number of methoxy groups -OCH3 is 1. The number of nitrogens with zero attached hydrogens (tertiary/aromatic N) is 1. The number of Topliss-reactive ketones (excluding diaryl/α,β-unsaturated/α-hetero) is 1. The first kappa shape index (κ1) is 8.74. The van der Waals surface area contributed by atoms with Crippen LogP contribution in [0.1, 0.15) is 10.4 Å². The van der Waals surface area contributed by atoms with Crippen LogP contribution in [0, 0.1) is 0 Å². The molecular formula is C10H9NO3. The highest BCUT2D eigenvalue weighted by molar-refractivity contribution is 6.52. The van der Waals surface area contributed by atoms with Crippen molar-refractivity contribution >= 4 is 17.4 Å². The lowest BCUT2D eigenvalue weighted by atomic mass is 10.1. The number of fused-ring (bicyclic) bond motifs is 1.